The highest BCUT2D eigenvalue weighted by atomic mass is 32.1. The second kappa shape index (κ2) is 8.56. The molecule has 1 amide bonds. The molecule has 0 saturated carbocycles. The Morgan fingerprint density at radius 1 is 1.32 bits per heavy atom. The fourth-order valence-corrected chi connectivity index (χ4v) is 4.71. The number of rotatable bonds is 5. The number of aromatic nitrogens is 4. The highest BCUT2D eigenvalue weighted by Gasteiger charge is 2.19. The molecule has 4 aromatic rings. The van der Waals surface area contributed by atoms with E-state index >= 15 is 0 Å². The van der Waals surface area contributed by atoms with E-state index in [4.69, 9.17) is 4.74 Å². The van der Waals surface area contributed by atoms with Crippen molar-refractivity contribution < 1.29 is 9.53 Å². The molecule has 1 fully saturated rings. The van der Waals surface area contributed by atoms with E-state index in [9.17, 15) is 4.79 Å². The van der Waals surface area contributed by atoms with Gasteiger partial charge in [0.15, 0.2) is 0 Å². The molecule has 5 rings (SSSR count). The number of fused-ring (bicyclic) bond motifs is 1. The third-order valence-electron chi connectivity index (χ3n) is 5.44. The molecule has 1 atom stereocenters. The summed E-state index contributed by atoms with van der Waals surface area (Å²) < 4.78 is 8.35. The zero-order valence-corrected chi connectivity index (χ0v) is 18.1. The molecular weight excluding hydrogens is 410 g/mol. The number of hydrogen-bond acceptors (Lipinski definition) is 6. The summed E-state index contributed by atoms with van der Waals surface area (Å²) in [4.78, 5) is 22.0. The van der Waals surface area contributed by atoms with Crippen molar-refractivity contribution in [3.63, 3.8) is 0 Å². The van der Waals surface area contributed by atoms with Gasteiger partial charge in [0.2, 0.25) is 0 Å². The van der Waals surface area contributed by atoms with Crippen molar-refractivity contribution in [1.29, 1.82) is 0 Å². The number of carbonyl (C=O) groups excluding carboxylic acids is 1. The predicted molar refractivity (Wildman–Crippen MR) is 120 cm³/mol. The predicted octanol–water partition coefficient (Wildman–Crippen LogP) is 3.59. The SMILES string of the molecule is Cn1cc(-c2ccc(Cc3cc(C(=O)N[C@@H]4CCCOC4)nc4ccsc34)cn2)cn1. The van der Waals surface area contributed by atoms with Crippen molar-refractivity contribution in [2.45, 2.75) is 25.3 Å². The number of thiophene rings is 1. The molecule has 0 aliphatic carbocycles. The van der Waals surface area contributed by atoms with Crippen LogP contribution < -0.4 is 5.32 Å². The summed E-state index contributed by atoms with van der Waals surface area (Å²) in [6.07, 6.45) is 8.24. The van der Waals surface area contributed by atoms with Crippen LogP contribution in [0.25, 0.3) is 21.5 Å². The van der Waals surface area contributed by atoms with Crippen LogP contribution in [0.1, 0.15) is 34.5 Å². The Labute approximate surface area is 184 Å². The molecule has 1 aliphatic rings. The first-order valence-electron chi connectivity index (χ1n) is 10.4. The summed E-state index contributed by atoms with van der Waals surface area (Å²) in [5, 5.41) is 9.29. The number of ether oxygens (including phenoxy) is 1. The molecule has 7 nitrogen and oxygen atoms in total. The molecular formula is C23H23N5O2S. The minimum absolute atomic E-state index is 0.0499. The second-order valence-corrected chi connectivity index (χ2v) is 8.74. The van der Waals surface area contributed by atoms with Gasteiger partial charge in [-0.3, -0.25) is 14.5 Å². The summed E-state index contributed by atoms with van der Waals surface area (Å²) >= 11 is 1.65. The van der Waals surface area contributed by atoms with E-state index in [2.05, 4.69) is 26.4 Å². The fourth-order valence-electron chi connectivity index (χ4n) is 3.86. The lowest BCUT2D eigenvalue weighted by Crippen LogP contribution is -2.40. The molecule has 0 radical (unpaired) electrons. The van der Waals surface area contributed by atoms with Crippen LogP contribution in [0.5, 0.6) is 0 Å². The summed E-state index contributed by atoms with van der Waals surface area (Å²) in [6.45, 7) is 1.33. The maximum atomic E-state index is 12.8. The molecule has 0 aromatic carbocycles. The number of amides is 1. The van der Waals surface area contributed by atoms with Crippen molar-refractivity contribution in [3.05, 3.63) is 65.1 Å². The minimum atomic E-state index is -0.144. The van der Waals surface area contributed by atoms with Gasteiger partial charge in [-0.05, 0) is 47.5 Å². The van der Waals surface area contributed by atoms with Gasteiger partial charge in [0.25, 0.3) is 5.91 Å². The second-order valence-electron chi connectivity index (χ2n) is 7.82. The first-order chi connectivity index (χ1) is 15.2. The standard InChI is InChI=1S/C23H23N5O2S/c1-28-13-17(12-25-28)19-5-4-15(11-24-19)9-16-10-21(27-20-6-8-31-22(16)20)23(29)26-18-3-2-7-30-14-18/h4-6,8,10-13,18H,2-3,7,9,14H2,1H3,(H,26,29)/t18-/m1/s1. The van der Waals surface area contributed by atoms with E-state index in [1.54, 1.807) is 16.0 Å². The average molecular weight is 434 g/mol. The maximum absolute atomic E-state index is 12.8. The number of carbonyl (C=O) groups is 1. The quantitative estimate of drug-likeness (QED) is 0.520. The Bertz CT molecular complexity index is 1210. The molecule has 5 heterocycles. The first kappa shape index (κ1) is 19.8. The van der Waals surface area contributed by atoms with Crippen LogP contribution in [-0.4, -0.2) is 44.9 Å². The number of hydrogen-bond donors (Lipinski definition) is 1. The van der Waals surface area contributed by atoms with Gasteiger partial charge in [0.05, 0.1) is 34.8 Å². The van der Waals surface area contributed by atoms with E-state index in [1.165, 1.54) is 0 Å². The fraction of sp³-hybridized carbons (Fsp3) is 0.304. The van der Waals surface area contributed by atoms with Gasteiger partial charge in [0, 0.05) is 38.0 Å². The Morgan fingerprint density at radius 2 is 2.26 bits per heavy atom. The van der Waals surface area contributed by atoms with Crippen LogP contribution in [-0.2, 0) is 18.2 Å². The Hall–Kier alpha value is -3.10. The summed E-state index contributed by atoms with van der Waals surface area (Å²) in [5.74, 6) is -0.144. The summed E-state index contributed by atoms with van der Waals surface area (Å²) in [7, 11) is 1.89. The highest BCUT2D eigenvalue weighted by Crippen LogP contribution is 2.27. The monoisotopic (exact) mass is 433 g/mol. The lowest BCUT2D eigenvalue weighted by molar-refractivity contribution is 0.0622. The zero-order chi connectivity index (χ0) is 21.2. The normalized spacial score (nSPS) is 16.5. The molecule has 31 heavy (non-hydrogen) atoms. The minimum Gasteiger partial charge on any atom is -0.379 e. The molecule has 0 bridgehead atoms. The first-order valence-corrected chi connectivity index (χ1v) is 11.2. The molecule has 1 aliphatic heterocycles. The third kappa shape index (κ3) is 4.35. The lowest BCUT2D eigenvalue weighted by Gasteiger charge is -2.23. The summed E-state index contributed by atoms with van der Waals surface area (Å²) in [5.41, 5.74) is 5.35. The van der Waals surface area contributed by atoms with Crippen LogP contribution in [0.15, 0.2) is 48.2 Å². The smallest absolute Gasteiger partial charge is 0.270 e. The van der Waals surface area contributed by atoms with Crippen LogP contribution in [0, 0.1) is 0 Å². The number of nitrogens with zero attached hydrogens (tertiary/aromatic N) is 4. The largest absolute Gasteiger partial charge is 0.379 e. The molecule has 158 valence electrons. The Morgan fingerprint density at radius 3 is 3.00 bits per heavy atom. The van der Waals surface area contributed by atoms with Gasteiger partial charge in [-0.2, -0.15) is 5.10 Å². The number of nitrogens with one attached hydrogen (secondary N) is 1. The Balaban J connectivity index is 1.38. The Kier molecular flexibility index (Phi) is 5.48. The maximum Gasteiger partial charge on any atom is 0.270 e. The van der Waals surface area contributed by atoms with E-state index in [0.717, 1.165) is 52.0 Å². The van der Waals surface area contributed by atoms with Gasteiger partial charge in [0.1, 0.15) is 5.69 Å². The van der Waals surface area contributed by atoms with Crippen LogP contribution in [0.4, 0.5) is 0 Å². The van der Waals surface area contributed by atoms with Gasteiger partial charge >= 0.3 is 0 Å². The third-order valence-corrected chi connectivity index (χ3v) is 6.42. The van der Waals surface area contributed by atoms with Crippen LogP contribution in [0.2, 0.25) is 0 Å². The molecule has 8 heteroatoms. The van der Waals surface area contributed by atoms with Gasteiger partial charge in [-0.1, -0.05) is 6.07 Å². The molecule has 0 spiro atoms. The van der Waals surface area contributed by atoms with Gasteiger partial charge in [-0.15, -0.1) is 11.3 Å². The van der Waals surface area contributed by atoms with E-state index in [-0.39, 0.29) is 11.9 Å². The lowest BCUT2D eigenvalue weighted by atomic mass is 10.0. The van der Waals surface area contributed by atoms with E-state index < -0.39 is 0 Å². The highest BCUT2D eigenvalue weighted by molar-refractivity contribution is 7.17. The zero-order valence-electron chi connectivity index (χ0n) is 17.2. The molecule has 4 aromatic heterocycles. The van der Waals surface area contributed by atoms with Crippen molar-refractivity contribution >= 4 is 27.5 Å². The summed E-state index contributed by atoms with van der Waals surface area (Å²) in [6, 6.07) is 8.01. The van der Waals surface area contributed by atoms with Gasteiger partial charge < -0.3 is 10.1 Å². The molecule has 1 saturated heterocycles. The van der Waals surface area contributed by atoms with Crippen molar-refractivity contribution in [1.82, 2.24) is 25.1 Å². The van der Waals surface area contributed by atoms with Crippen LogP contribution in [0.3, 0.4) is 0 Å². The van der Waals surface area contributed by atoms with Crippen molar-refractivity contribution in [2.75, 3.05) is 13.2 Å². The van der Waals surface area contributed by atoms with E-state index in [0.29, 0.717) is 18.7 Å². The number of aryl methyl sites for hydroxylation is 1. The van der Waals surface area contributed by atoms with Crippen molar-refractivity contribution in [3.8, 4) is 11.3 Å². The molecule has 0 unspecified atom stereocenters. The average Bonchev–Trinajstić information content (AvgIpc) is 3.44. The van der Waals surface area contributed by atoms with E-state index in [1.807, 2.05) is 49.2 Å². The topological polar surface area (TPSA) is 81.9 Å². The molecule has 1 N–H and O–H groups in total. The van der Waals surface area contributed by atoms with Crippen LogP contribution >= 0.6 is 11.3 Å². The van der Waals surface area contributed by atoms with Gasteiger partial charge in [-0.25, -0.2) is 4.98 Å². The number of pyridine rings is 2. The van der Waals surface area contributed by atoms with Crippen molar-refractivity contribution in [2.24, 2.45) is 7.05 Å².